The van der Waals surface area contributed by atoms with Crippen LogP contribution in [0.25, 0.3) is 10.6 Å². The molecule has 0 bridgehead atoms. The van der Waals surface area contributed by atoms with Crippen molar-refractivity contribution in [3.8, 4) is 10.6 Å². The molecule has 0 aliphatic heterocycles. The maximum absolute atomic E-state index is 4.67. The van der Waals surface area contributed by atoms with Gasteiger partial charge in [0.15, 0.2) is 5.13 Å². The molecule has 21 heavy (non-hydrogen) atoms. The minimum Gasteiger partial charge on any atom is -0.361 e. The summed E-state index contributed by atoms with van der Waals surface area (Å²) >= 11 is 1.71. The molecule has 2 heterocycles. The average molecular weight is 305 g/mol. The number of aryl methyl sites for hydroxylation is 1. The number of rotatable bonds is 7. The van der Waals surface area contributed by atoms with Crippen LogP contribution in [0.15, 0.2) is 12.3 Å². The molecule has 0 amide bonds. The van der Waals surface area contributed by atoms with Crippen molar-refractivity contribution in [2.75, 3.05) is 32.5 Å². The van der Waals surface area contributed by atoms with Crippen molar-refractivity contribution in [1.29, 1.82) is 0 Å². The Balaban J connectivity index is 1.67. The van der Waals surface area contributed by atoms with Crippen molar-refractivity contribution < 1.29 is 0 Å². The monoisotopic (exact) mass is 305 g/mol. The first-order valence-corrected chi connectivity index (χ1v) is 8.33. The lowest BCUT2D eigenvalue weighted by molar-refractivity contribution is 0.373. The van der Waals surface area contributed by atoms with Crippen LogP contribution in [0.3, 0.4) is 0 Å². The molecular weight excluding hydrogens is 282 g/mol. The second-order valence-electron chi connectivity index (χ2n) is 6.03. The summed E-state index contributed by atoms with van der Waals surface area (Å²) in [5.41, 5.74) is 2.10. The Hall–Kier alpha value is -1.40. The van der Waals surface area contributed by atoms with Crippen molar-refractivity contribution in [2.24, 2.45) is 5.92 Å². The number of aromatic nitrogens is 3. The van der Waals surface area contributed by atoms with Crippen LogP contribution in [0, 0.1) is 12.8 Å². The van der Waals surface area contributed by atoms with Gasteiger partial charge in [0.1, 0.15) is 5.69 Å². The third-order valence-electron chi connectivity index (χ3n) is 3.69. The van der Waals surface area contributed by atoms with Gasteiger partial charge in [0.2, 0.25) is 0 Å². The van der Waals surface area contributed by atoms with Gasteiger partial charge in [0.25, 0.3) is 0 Å². The summed E-state index contributed by atoms with van der Waals surface area (Å²) in [5, 5.41) is 9.14. The molecule has 0 unspecified atom stereocenters. The van der Waals surface area contributed by atoms with Crippen LogP contribution in [-0.2, 0) is 6.54 Å². The lowest BCUT2D eigenvalue weighted by Gasteiger charge is -2.08. The van der Waals surface area contributed by atoms with Gasteiger partial charge < -0.3 is 10.2 Å². The number of hydrogen-bond donors (Lipinski definition) is 1. The molecular formula is C15H23N5S. The number of likely N-dealkylation sites (N-methyl/N-ethyl adjacent to an activating group) is 1. The summed E-state index contributed by atoms with van der Waals surface area (Å²) in [6.07, 6.45) is 4.77. The summed E-state index contributed by atoms with van der Waals surface area (Å²) < 4.78 is 2.01. The Morgan fingerprint density at radius 1 is 1.43 bits per heavy atom. The van der Waals surface area contributed by atoms with E-state index in [0.717, 1.165) is 42.1 Å². The van der Waals surface area contributed by atoms with Gasteiger partial charge in [-0.15, -0.1) is 0 Å². The Kier molecular flexibility index (Phi) is 4.26. The number of thiazole rings is 1. The van der Waals surface area contributed by atoms with Crippen LogP contribution in [0.4, 0.5) is 5.13 Å². The molecule has 5 nitrogen and oxygen atoms in total. The summed E-state index contributed by atoms with van der Waals surface area (Å²) in [4.78, 5) is 7.96. The average Bonchev–Trinajstić information content (AvgIpc) is 3.03. The number of hydrogen-bond acceptors (Lipinski definition) is 5. The third-order valence-corrected chi connectivity index (χ3v) is 4.82. The van der Waals surface area contributed by atoms with E-state index < -0.39 is 0 Å². The molecule has 1 saturated carbocycles. The predicted molar refractivity (Wildman–Crippen MR) is 87.8 cm³/mol. The maximum Gasteiger partial charge on any atom is 0.183 e. The lowest BCUT2D eigenvalue weighted by atomic mass is 10.3. The first-order chi connectivity index (χ1) is 10.1. The zero-order valence-electron chi connectivity index (χ0n) is 13.0. The zero-order valence-corrected chi connectivity index (χ0v) is 13.8. The molecule has 0 spiro atoms. The molecule has 1 aliphatic rings. The Bertz CT molecular complexity index is 597. The molecule has 1 fully saturated rings. The number of nitrogens with one attached hydrogen (secondary N) is 1. The van der Waals surface area contributed by atoms with Gasteiger partial charge >= 0.3 is 0 Å². The van der Waals surface area contributed by atoms with Crippen LogP contribution >= 0.6 is 11.3 Å². The van der Waals surface area contributed by atoms with Crippen molar-refractivity contribution >= 4 is 16.5 Å². The van der Waals surface area contributed by atoms with Gasteiger partial charge in [-0.05, 0) is 45.8 Å². The Labute approximate surface area is 130 Å². The van der Waals surface area contributed by atoms with E-state index in [2.05, 4.69) is 53.6 Å². The fourth-order valence-corrected chi connectivity index (χ4v) is 3.11. The molecule has 114 valence electrons. The molecule has 0 aromatic carbocycles. The van der Waals surface area contributed by atoms with Crippen LogP contribution in [-0.4, -0.2) is 46.8 Å². The van der Waals surface area contributed by atoms with Gasteiger partial charge in [-0.3, -0.25) is 4.68 Å². The highest BCUT2D eigenvalue weighted by atomic mass is 32.1. The lowest BCUT2D eigenvalue weighted by Crippen LogP contribution is -2.18. The summed E-state index contributed by atoms with van der Waals surface area (Å²) in [5.74, 6) is 0.864. The molecule has 0 radical (unpaired) electrons. The van der Waals surface area contributed by atoms with Crippen LogP contribution in [0.1, 0.15) is 18.5 Å². The molecule has 0 atom stereocenters. The standard InChI is InChI=1S/C15H23N5S/c1-11-14(21-15(17-11)16-10-12-4-5-12)13-6-7-20(18-13)9-8-19(2)3/h6-7,12H,4-5,8-10H2,1-3H3,(H,16,17). The summed E-state index contributed by atoms with van der Waals surface area (Å²) in [7, 11) is 4.16. The van der Waals surface area contributed by atoms with E-state index in [1.165, 1.54) is 17.7 Å². The summed E-state index contributed by atoms with van der Waals surface area (Å²) in [6.45, 7) is 5.03. The van der Waals surface area contributed by atoms with E-state index in [1.54, 1.807) is 11.3 Å². The van der Waals surface area contributed by atoms with Crippen molar-refractivity contribution in [3.05, 3.63) is 18.0 Å². The van der Waals surface area contributed by atoms with Crippen LogP contribution in [0.2, 0.25) is 0 Å². The van der Waals surface area contributed by atoms with E-state index in [4.69, 9.17) is 0 Å². The van der Waals surface area contributed by atoms with Crippen molar-refractivity contribution in [3.63, 3.8) is 0 Å². The zero-order chi connectivity index (χ0) is 14.8. The van der Waals surface area contributed by atoms with Gasteiger partial charge in [-0.2, -0.15) is 5.10 Å². The Morgan fingerprint density at radius 3 is 2.95 bits per heavy atom. The predicted octanol–water partition coefficient (Wildman–Crippen LogP) is 2.70. The molecule has 0 saturated heterocycles. The highest BCUT2D eigenvalue weighted by Crippen LogP contribution is 2.33. The third kappa shape index (κ3) is 3.83. The topological polar surface area (TPSA) is 46.0 Å². The normalized spacial score (nSPS) is 14.9. The molecule has 1 N–H and O–H groups in total. The van der Waals surface area contributed by atoms with Crippen molar-refractivity contribution in [1.82, 2.24) is 19.7 Å². The molecule has 1 aliphatic carbocycles. The minimum absolute atomic E-state index is 0.864. The number of anilines is 1. The highest BCUT2D eigenvalue weighted by molar-refractivity contribution is 7.19. The largest absolute Gasteiger partial charge is 0.361 e. The van der Waals surface area contributed by atoms with E-state index in [-0.39, 0.29) is 0 Å². The van der Waals surface area contributed by atoms with E-state index in [9.17, 15) is 0 Å². The second-order valence-corrected chi connectivity index (χ2v) is 7.02. The minimum atomic E-state index is 0.864. The second kappa shape index (κ2) is 6.15. The molecule has 3 rings (SSSR count). The first-order valence-electron chi connectivity index (χ1n) is 7.51. The van der Waals surface area contributed by atoms with E-state index in [1.807, 2.05) is 4.68 Å². The fourth-order valence-electron chi connectivity index (χ4n) is 2.17. The van der Waals surface area contributed by atoms with Crippen LogP contribution in [0.5, 0.6) is 0 Å². The van der Waals surface area contributed by atoms with Crippen molar-refractivity contribution in [2.45, 2.75) is 26.3 Å². The maximum atomic E-state index is 4.67. The van der Waals surface area contributed by atoms with Gasteiger partial charge in [0, 0.05) is 19.3 Å². The van der Waals surface area contributed by atoms with E-state index >= 15 is 0 Å². The number of nitrogens with zero attached hydrogens (tertiary/aromatic N) is 4. The highest BCUT2D eigenvalue weighted by Gasteiger charge is 2.21. The van der Waals surface area contributed by atoms with Gasteiger partial charge in [-0.1, -0.05) is 11.3 Å². The molecule has 6 heteroatoms. The fraction of sp³-hybridized carbons (Fsp3) is 0.600. The summed E-state index contributed by atoms with van der Waals surface area (Å²) in [6, 6.07) is 2.08. The van der Waals surface area contributed by atoms with Gasteiger partial charge in [-0.25, -0.2) is 4.98 Å². The first kappa shape index (κ1) is 14.5. The Morgan fingerprint density at radius 2 is 2.24 bits per heavy atom. The quantitative estimate of drug-likeness (QED) is 0.854. The SMILES string of the molecule is Cc1nc(NCC2CC2)sc1-c1ccn(CCN(C)C)n1. The van der Waals surface area contributed by atoms with Gasteiger partial charge in [0.05, 0.1) is 17.1 Å². The van der Waals surface area contributed by atoms with Crippen LogP contribution < -0.4 is 5.32 Å². The molecule has 2 aromatic rings. The smallest absolute Gasteiger partial charge is 0.183 e. The molecule has 2 aromatic heterocycles. The van der Waals surface area contributed by atoms with E-state index in [0.29, 0.717) is 0 Å².